The van der Waals surface area contributed by atoms with Crippen LogP contribution in [0.25, 0.3) is 0 Å². The molecule has 0 atom stereocenters. The quantitative estimate of drug-likeness (QED) is 0.587. The van der Waals surface area contributed by atoms with Crippen LogP contribution in [0.3, 0.4) is 0 Å². The molecule has 0 aliphatic heterocycles. The van der Waals surface area contributed by atoms with Crippen molar-refractivity contribution in [3.8, 4) is 11.5 Å². The fourth-order valence-corrected chi connectivity index (χ4v) is 2.28. The summed E-state index contributed by atoms with van der Waals surface area (Å²) in [5.74, 6) is 1.96. The smallest absolute Gasteiger partial charge is 0.343 e. The summed E-state index contributed by atoms with van der Waals surface area (Å²) >= 11 is 1.71. The lowest BCUT2D eigenvalue weighted by Gasteiger charge is -2.13. The summed E-state index contributed by atoms with van der Waals surface area (Å²) < 4.78 is 15.2. The summed E-state index contributed by atoms with van der Waals surface area (Å²) in [4.78, 5) is 12.1. The molecular weight excluding hydrogens is 252 g/mol. The van der Waals surface area contributed by atoms with Crippen LogP contribution < -0.4 is 9.47 Å². The van der Waals surface area contributed by atoms with Gasteiger partial charge in [-0.3, -0.25) is 0 Å². The molecule has 0 radical (unpaired) electrons. The van der Waals surface area contributed by atoms with Gasteiger partial charge in [0, 0.05) is 11.0 Å². The standard InChI is InChI=1S/C13H18O4S/c1-5-18-12-6-9(2)10(7-11(12)15-3)17-8-13(14)16-4/h6-7H,5,8H2,1-4H3. The largest absolute Gasteiger partial charge is 0.495 e. The molecule has 18 heavy (non-hydrogen) atoms. The van der Waals surface area contributed by atoms with E-state index >= 15 is 0 Å². The van der Waals surface area contributed by atoms with Crippen LogP contribution in [0.1, 0.15) is 12.5 Å². The van der Waals surface area contributed by atoms with E-state index in [-0.39, 0.29) is 6.61 Å². The Morgan fingerprint density at radius 2 is 2.00 bits per heavy atom. The van der Waals surface area contributed by atoms with Crippen molar-refractivity contribution in [2.24, 2.45) is 0 Å². The van der Waals surface area contributed by atoms with Gasteiger partial charge in [-0.2, -0.15) is 0 Å². The summed E-state index contributed by atoms with van der Waals surface area (Å²) in [5.41, 5.74) is 0.968. The molecule has 4 nitrogen and oxygen atoms in total. The first-order chi connectivity index (χ1) is 8.62. The van der Waals surface area contributed by atoms with Crippen molar-refractivity contribution >= 4 is 17.7 Å². The summed E-state index contributed by atoms with van der Waals surface area (Å²) in [6.07, 6.45) is 0. The third-order valence-electron chi connectivity index (χ3n) is 2.33. The number of carbonyl (C=O) groups excluding carboxylic acids is 1. The second-order valence-electron chi connectivity index (χ2n) is 3.57. The zero-order chi connectivity index (χ0) is 13.5. The number of aryl methyl sites for hydroxylation is 1. The first-order valence-corrected chi connectivity index (χ1v) is 6.62. The lowest BCUT2D eigenvalue weighted by atomic mass is 10.2. The molecule has 0 saturated heterocycles. The fraction of sp³-hybridized carbons (Fsp3) is 0.462. The van der Waals surface area contributed by atoms with E-state index in [1.54, 1.807) is 24.9 Å². The fourth-order valence-electron chi connectivity index (χ4n) is 1.42. The first-order valence-electron chi connectivity index (χ1n) is 5.63. The summed E-state index contributed by atoms with van der Waals surface area (Å²) in [5, 5.41) is 0. The second kappa shape index (κ2) is 7.16. The number of hydrogen-bond acceptors (Lipinski definition) is 5. The molecule has 5 heteroatoms. The van der Waals surface area contributed by atoms with Crippen molar-refractivity contribution in [1.29, 1.82) is 0 Å². The van der Waals surface area contributed by atoms with Gasteiger partial charge < -0.3 is 14.2 Å². The van der Waals surface area contributed by atoms with Gasteiger partial charge >= 0.3 is 5.97 Å². The second-order valence-corrected chi connectivity index (χ2v) is 4.87. The Kier molecular flexibility index (Phi) is 5.85. The summed E-state index contributed by atoms with van der Waals surface area (Å²) in [6.45, 7) is 3.92. The minimum atomic E-state index is -0.402. The molecule has 100 valence electrons. The Morgan fingerprint density at radius 1 is 1.28 bits per heavy atom. The molecule has 0 N–H and O–H groups in total. The maximum atomic E-state index is 11.0. The van der Waals surface area contributed by atoms with Crippen molar-refractivity contribution in [2.75, 3.05) is 26.6 Å². The molecule has 0 amide bonds. The minimum Gasteiger partial charge on any atom is -0.495 e. The highest BCUT2D eigenvalue weighted by atomic mass is 32.2. The van der Waals surface area contributed by atoms with E-state index in [2.05, 4.69) is 11.7 Å². The third-order valence-corrected chi connectivity index (χ3v) is 3.25. The lowest BCUT2D eigenvalue weighted by Crippen LogP contribution is -2.13. The van der Waals surface area contributed by atoms with Gasteiger partial charge in [0.25, 0.3) is 0 Å². The van der Waals surface area contributed by atoms with Crippen molar-refractivity contribution in [2.45, 2.75) is 18.7 Å². The highest BCUT2D eigenvalue weighted by molar-refractivity contribution is 7.99. The SMILES string of the molecule is CCSc1cc(C)c(OCC(=O)OC)cc1OC. The molecule has 0 heterocycles. The number of thioether (sulfide) groups is 1. The van der Waals surface area contributed by atoms with E-state index in [4.69, 9.17) is 9.47 Å². The Balaban J connectivity index is 2.89. The lowest BCUT2D eigenvalue weighted by molar-refractivity contribution is -0.142. The summed E-state index contributed by atoms with van der Waals surface area (Å²) in [6, 6.07) is 3.80. The number of rotatable bonds is 6. The molecule has 0 unspecified atom stereocenters. The van der Waals surface area contributed by atoms with Crippen LogP contribution in [0, 0.1) is 6.92 Å². The molecule has 0 saturated carbocycles. The van der Waals surface area contributed by atoms with Gasteiger partial charge in [-0.25, -0.2) is 4.79 Å². The Morgan fingerprint density at radius 3 is 2.56 bits per heavy atom. The number of esters is 1. The highest BCUT2D eigenvalue weighted by Gasteiger charge is 2.10. The Hall–Kier alpha value is -1.36. The minimum absolute atomic E-state index is 0.0965. The van der Waals surface area contributed by atoms with E-state index < -0.39 is 5.97 Å². The number of hydrogen-bond donors (Lipinski definition) is 0. The zero-order valence-corrected chi connectivity index (χ0v) is 11.9. The molecule has 0 aliphatic carbocycles. The first kappa shape index (κ1) is 14.7. The monoisotopic (exact) mass is 270 g/mol. The Bertz CT molecular complexity index is 418. The Labute approximate surface area is 112 Å². The van der Waals surface area contributed by atoms with E-state index in [0.29, 0.717) is 5.75 Å². The number of methoxy groups -OCH3 is 2. The predicted molar refractivity (Wildman–Crippen MR) is 71.6 cm³/mol. The average molecular weight is 270 g/mol. The van der Waals surface area contributed by atoms with Crippen molar-refractivity contribution in [3.63, 3.8) is 0 Å². The van der Waals surface area contributed by atoms with Crippen LogP contribution in [0.2, 0.25) is 0 Å². The van der Waals surface area contributed by atoms with Crippen LogP contribution >= 0.6 is 11.8 Å². The molecular formula is C13H18O4S. The van der Waals surface area contributed by atoms with Gasteiger partial charge in [-0.15, -0.1) is 11.8 Å². The van der Waals surface area contributed by atoms with Crippen molar-refractivity contribution in [1.82, 2.24) is 0 Å². The van der Waals surface area contributed by atoms with Crippen LogP contribution in [-0.4, -0.2) is 32.5 Å². The van der Waals surface area contributed by atoms with Crippen molar-refractivity contribution < 1.29 is 19.0 Å². The normalized spacial score (nSPS) is 10.0. The summed E-state index contributed by atoms with van der Waals surface area (Å²) in [7, 11) is 2.95. The molecule has 0 spiro atoms. The molecule has 0 aliphatic rings. The van der Waals surface area contributed by atoms with Gasteiger partial charge in [-0.1, -0.05) is 6.92 Å². The van der Waals surface area contributed by atoms with E-state index in [1.165, 1.54) is 7.11 Å². The molecule has 0 aromatic heterocycles. The van der Waals surface area contributed by atoms with Gasteiger partial charge in [-0.05, 0) is 24.3 Å². The van der Waals surface area contributed by atoms with E-state index in [0.717, 1.165) is 22.0 Å². The van der Waals surface area contributed by atoms with E-state index in [9.17, 15) is 4.79 Å². The van der Waals surface area contributed by atoms with Gasteiger partial charge in [0.1, 0.15) is 11.5 Å². The van der Waals surface area contributed by atoms with Crippen LogP contribution in [0.4, 0.5) is 0 Å². The zero-order valence-electron chi connectivity index (χ0n) is 11.1. The van der Waals surface area contributed by atoms with Crippen molar-refractivity contribution in [3.05, 3.63) is 17.7 Å². The van der Waals surface area contributed by atoms with Crippen LogP contribution in [-0.2, 0) is 9.53 Å². The molecule has 1 aromatic rings. The van der Waals surface area contributed by atoms with Gasteiger partial charge in [0.15, 0.2) is 6.61 Å². The topological polar surface area (TPSA) is 44.8 Å². The average Bonchev–Trinajstić information content (AvgIpc) is 2.37. The molecule has 1 aromatic carbocycles. The molecule has 0 fully saturated rings. The predicted octanol–water partition coefficient (Wildman–Crippen LogP) is 2.67. The van der Waals surface area contributed by atoms with Gasteiger partial charge in [0.05, 0.1) is 14.2 Å². The third kappa shape index (κ3) is 3.84. The maximum Gasteiger partial charge on any atom is 0.343 e. The van der Waals surface area contributed by atoms with Crippen LogP contribution in [0.15, 0.2) is 17.0 Å². The number of benzene rings is 1. The molecule has 1 rings (SSSR count). The number of carbonyl (C=O) groups is 1. The van der Waals surface area contributed by atoms with Gasteiger partial charge in [0.2, 0.25) is 0 Å². The maximum absolute atomic E-state index is 11.0. The van der Waals surface area contributed by atoms with Crippen LogP contribution in [0.5, 0.6) is 11.5 Å². The highest BCUT2D eigenvalue weighted by Crippen LogP contribution is 2.35. The number of ether oxygens (including phenoxy) is 3. The van der Waals surface area contributed by atoms with E-state index in [1.807, 2.05) is 13.0 Å². The molecule has 0 bridgehead atoms.